The van der Waals surface area contributed by atoms with Gasteiger partial charge in [-0.1, -0.05) is 32.0 Å². The maximum Gasteiger partial charge on any atom is 0.254 e. The van der Waals surface area contributed by atoms with Gasteiger partial charge in [0.25, 0.3) is 5.91 Å². The Morgan fingerprint density at radius 3 is 2.50 bits per heavy atom. The molecular formula is C17H24N4O. The smallest absolute Gasteiger partial charge is 0.254 e. The molecule has 0 aliphatic rings. The molecule has 5 heteroatoms. The van der Waals surface area contributed by atoms with Crippen molar-refractivity contribution in [1.29, 1.82) is 0 Å². The van der Waals surface area contributed by atoms with Crippen LogP contribution in [-0.2, 0) is 0 Å². The van der Waals surface area contributed by atoms with Crippen molar-refractivity contribution in [3.63, 3.8) is 0 Å². The molecule has 0 aliphatic carbocycles. The Kier molecular flexibility index (Phi) is 4.98. The van der Waals surface area contributed by atoms with E-state index in [1.807, 2.05) is 51.1 Å². The van der Waals surface area contributed by atoms with Gasteiger partial charge in [0.1, 0.15) is 0 Å². The number of rotatable bonds is 6. The zero-order valence-corrected chi connectivity index (χ0v) is 13.5. The Hall–Kier alpha value is -2.14. The number of carbonyl (C=O) groups excluding carboxylic acids is 1. The van der Waals surface area contributed by atoms with Crippen molar-refractivity contribution in [1.82, 2.24) is 15.1 Å². The molecule has 0 radical (unpaired) electrons. The maximum absolute atomic E-state index is 12.4. The Balaban J connectivity index is 2.14. The van der Waals surface area contributed by atoms with Gasteiger partial charge >= 0.3 is 0 Å². The van der Waals surface area contributed by atoms with Gasteiger partial charge in [0.2, 0.25) is 0 Å². The molecule has 0 saturated carbocycles. The van der Waals surface area contributed by atoms with Gasteiger partial charge in [-0.15, -0.1) is 0 Å². The van der Waals surface area contributed by atoms with Crippen LogP contribution >= 0.6 is 0 Å². The third-order valence-electron chi connectivity index (χ3n) is 4.26. The predicted molar refractivity (Wildman–Crippen MR) is 88.1 cm³/mol. The van der Waals surface area contributed by atoms with E-state index in [0.717, 1.165) is 24.2 Å². The number of amides is 1. The highest BCUT2D eigenvalue weighted by Gasteiger charge is 2.22. The summed E-state index contributed by atoms with van der Waals surface area (Å²) in [7, 11) is 0. The Bertz CT molecular complexity index is 629. The molecule has 3 N–H and O–H groups in total. The lowest BCUT2D eigenvalue weighted by Gasteiger charge is -2.26. The van der Waals surface area contributed by atoms with Crippen LogP contribution in [0.3, 0.4) is 0 Å². The van der Waals surface area contributed by atoms with Gasteiger partial charge in [0.05, 0.1) is 23.1 Å². The summed E-state index contributed by atoms with van der Waals surface area (Å²) in [5.74, 6) is -0.128. The number of para-hydroxylation sites is 1. The minimum absolute atomic E-state index is 0.128. The average Bonchev–Trinajstić information content (AvgIpc) is 2.95. The highest BCUT2D eigenvalue weighted by atomic mass is 16.1. The Labute approximate surface area is 131 Å². The van der Waals surface area contributed by atoms with Crippen LogP contribution in [0, 0.1) is 6.92 Å². The SMILES string of the molecule is CCC(N)(CC)CNC(=O)c1cnn(-c2ccccc2)c1C. The third-order valence-corrected chi connectivity index (χ3v) is 4.26. The molecule has 1 amide bonds. The van der Waals surface area contributed by atoms with E-state index in [9.17, 15) is 4.79 Å². The van der Waals surface area contributed by atoms with E-state index >= 15 is 0 Å². The Morgan fingerprint density at radius 2 is 1.91 bits per heavy atom. The van der Waals surface area contributed by atoms with E-state index in [2.05, 4.69) is 10.4 Å². The number of carbonyl (C=O) groups is 1. The highest BCUT2D eigenvalue weighted by Crippen LogP contribution is 2.15. The molecule has 0 saturated heterocycles. The van der Waals surface area contributed by atoms with Crippen molar-refractivity contribution < 1.29 is 4.79 Å². The fraction of sp³-hybridized carbons (Fsp3) is 0.412. The summed E-state index contributed by atoms with van der Waals surface area (Å²) in [6.07, 6.45) is 3.26. The minimum Gasteiger partial charge on any atom is -0.350 e. The zero-order chi connectivity index (χ0) is 16.2. The topological polar surface area (TPSA) is 72.9 Å². The van der Waals surface area contributed by atoms with E-state index in [4.69, 9.17) is 5.73 Å². The van der Waals surface area contributed by atoms with Crippen LogP contribution in [0.25, 0.3) is 5.69 Å². The van der Waals surface area contributed by atoms with Crippen molar-refractivity contribution in [3.8, 4) is 5.69 Å². The van der Waals surface area contributed by atoms with Gasteiger partial charge < -0.3 is 11.1 Å². The molecule has 0 unspecified atom stereocenters. The van der Waals surface area contributed by atoms with Crippen molar-refractivity contribution in [2.75, 3.05) is 6.54 Å². The molecule has 0 aliphatic heterocycles. The largest absolute Gasteiger partial charge is 0.350 e. The molecule has 0 spiro atoms. The number of nitrogens with one attached hydrogen (secondary N) is 1. The third kappa shape index (κ3) is 3.36. The van der Waals surface area contributed by atoms with Crippen LogP contribution in [0.15, 0.2) is 36.5 Å². The second-order valence-electron chi connectivity index (χ2n) is 5.64. The first-order valence-corrected chi connectivity index (χ1v) is 7.68. The lowest BCUT2D eigenvalue weighted by atomic mass is 9.94. The summed E-state index contributed by atoms with van der Waals surface area (Å²) in [6.45, 7) is 6.43. The second kappa shape index (κ2) is 6.75. The quantitative estimate of drug-likeness (QED) is 0.860. The first-order chi connectivity index (χ1) is 10.5. The van der Waals surface area contributed by atoms with Crippen LogP contribution < -0.4 is 11.1 Å². The van der Waals surface area contributed by atoms with Gasteiger partial charge in [-0.25, -0.2) is 4.68 Å². The number of benzene rings is 1. The summed E-state index contributed by atoms with van der Waals surface area (Å²) in [5, 5.41) is 7.25. The monoisotopic (exact) mass is 300 g/mol. The molecule has 1 aromatic heterocycles. The van der Waals surface area contributed by atoms with E-state index in [-0.39, 0.29) is 11.4 Å². The fourth-order valence-electron chi connectivity index (χ4n) is 2.31. The number of hydrogen-bond donors (Lipinski definition) is 2. The molecule has 2 aromatic rings. The number of hydrogen-bond acceptors (Lipinski definition) is 3. The van der Waals surface area contributed by atoms with E-state index < -0.39 is 0 Å². The van der Waals surface area contributed by atoms with E-state index in [0.29, 0.717) is 12.1 Å². The summed E-state index contributed by atoms with van der Waals surface area (Å²) in [5.41, 5.74) is 8.21. The number of aromatic nitrogens is 2. The van der Waals surface area contributed by atoms with Crippen molar-refractivity contribution in [2.45, 2.75) is 39.2 Å². The van der Waals surface area contributed by atoms with Crippen molar-refractivity contribution in [3.05, 3.63) is 47.8 Å². The van der Waals surface area contributed by atoms with Gasteiger partial charge in [0.15, 0.2) is 0 Å². The van der Waals surface area contributed by atoms with E-state index in [1.54, 1.807) is 10.9 Å². The van der Waals surface area contributed by atoms with Crippen LogP contribution in [0.5, 0.6) is 0 Å². The number of nitrogens with two attached hydrogens (primary N) is 1. The van der Waals surface area contributed by atoms with Crippen LogP contribution in [-0.4, -0.2) is 27.8 Å². The lowest BCUT2D eigenvalue weighted by Crippen LogP contribution is -2.49. The molecule has 1 heterocycles. The standard InChI is InChI=1S/C17H24N4O/c1-4-17(18,5-2)12-19-16(22)15-11-20-21(13(15)3)14-9-7-6-8-10-14/h6-11H,4-5,12,18H2,1-3H3,(H,19,22). The van der Waals surface area contributed by atoms with Gasteiger partial charge in [-0.2, -0.15) is 5.10 Å². The zero-order valence-electron chi connectivity index (χ0n) is 13.5. The molecule has 5 nitrogen and oxygen atoms in total. The predicted octanol–water partition coefficient (Wildman–Crippen LogP) is 2.43. The average molecular weight is 300 g/mol. The lowest BCUT2D eigenvalue weighted by molar-refractivity contribution is 0.0941. The molecule has 118 valence electrons. The molecule has 0 fully saturated rings. The minimum atomic E-state index is -0.348. The van der Waals surface area contributed by atoms with Crippen LogP contribution in [0.4, 0.5) is 0 Å². The molecule has 0 bridgehead atoms. The summed E-state index contributed by atoms with van der Waals surface area (Å²) >= 11 is 0. The first kappa shape index (κ1) is 16.2. The molecule has 2 rings (SSSR count). The fourth-order valence-corrected chi connectivity index (χ4v) is 2.31. The van der Waals surface area contributed by atoms with Crippen LogP contribution in [0.1, 0.15) is 42.7 Å². The molecule has 0 atom stereocenters. The highest BCUT2D eigenvalue weighted by molar-refractivity contribution is 5.95. The summed E-state index contributed by atoms with van der Waals surface area (Å²) in [6, 6.07) is 9.76. The van der Waals surface area contributed by atoms with E-state index in [1.165, 1.54) is 0 Å². The summed E-state index contributed by atoms with van der Waals surface area (Å²) < 4.78 is 1.77. The van der Waals surface area contributed by atoms with Crippen molar-refractivity contribution >= 4 is 5.91 Å². The maximum atomic E-state index is 12.4. The van der Waals surface area contributed by atoms with Gasteiger partial charge in [0, 0.05) is 12.1 Å². The Morgan fingerprint density at radius 1 is 1.27 bits per heavy atom. The van der Waals surface area contributed by atoms with Crippen LogP contribution in [0.2, 0.25) is 0 Å². The van der Waals surface area contributed by atoms with Gasteiger partial charge in [-0.3, -0.25) is 4.79 Å². The van der Waals surface area contributed by atoms with Crippen molar-refractivity contribution in [2.24, 2.45) is 5.73 Å². The second-order valence-corrected chi connectivity index (χ2v) is 5.64. The number of nitrogens with zero attached hydrogens (tertiary/aromatic N) is 2. The molecule has 1 aromatic carbocycles. The normalized spacial score (nSPS) is 11.5. The summed E-state index contributed by atoms with van der Waals surface area (Å²) in [4.78, 5) is 12.4. The molecule has 22 heavy (non-hydrogen) atoms. The van der Waals surface area contributed by atoms with Gasteiger partial charge in [-0.05, 0) is 31.9 Å². The molecular weight excluding hydrogens is 276 g/mol. The first-order valence-electron chi connectivity index (χ1n) is 7.68.